The van der Waals surface area contributed by atoms with Crippen LogP contribution in [0.15, 0.2) is 77.7 Å². The molecular weight excluding hydrogens is 421 g/mol. The molecule has 0 aliphatic rings. The first kappa shape index (κ1) is 21.2. The molecule has 0 unspecified atom stereocenters. The van der Waals surface area contributed by atoms with Crippen LogP contribution in [0.3, 0.4) is 0 Å². The van der Waals surface area contributed by atoms with E-state index < -0.39 is 28.4 Å². The lowest BCUT2D eigenvalue weighted by atomic mass is 10.2. The number of hydrogen-bond donors (Lipinski definition) is 2. The molecule has 0 bridgehead atoms. The van der Waals surface area contributed by atoms with E-state index in [0.717, 1.165) is 12.1 Å². The Bertz CT molecular complexity index is 1140. The summed E-state index contributed by atoms with van der Waals surface area (Å²) in [5.41, 5.74) is 0.529. The van der Waals surface area contributed by atoms with Gasteiger partial charge in [0.2, 0.25) is 0 Å². The van der Waals surface area contributed by atoms with Crippen molar-refractivity contribution in [3.05, 3.63) is 84.2 Å². The number of benzene rings is 3. The smallest absolute Gasteiger partial charge is 0.387 e. The lowest BCUT2D eigenvalue weighted by Gasteiger charge is -2.10. The number of rotatable bonds is 7. The van der Waals surface area contributed by atoms with Crippen LogP contribution in [-0.2, 0) is 10.0 Å². The summed E-state index contributed by atoms with van der Waals surface area (Å²) in [6, 6.07) is 15.3. The fraction of sp³-hybridized carbons (Fsp3) is 0.0500. The predicted octanol–water partition coefficient (Wildman–Crippen LogP) is 4.48. The number of sulfonamides is 1. The number of halogens is 3. The number of ether oxygens (including phenoxy) is 1. The third kappa shape index (κ3) is 5.51. The minimum atomic E-state index is -4.01. The molecule has 156 valence electrons. The summed E-state index contributed by atoms with van der Waals surface area (Å²) in [6.45, 7) is -2.96. The molecule has 0 saturated heterocycles. The van der Waals surface area contributed by atoms with Crippen LogP contribution in [-0.4, -0.2) is 20.9 Å². The van der Waals surface area contributed by atoms with E-state index in [1.54, 1.807) is 0 Å². The van der Waals surface area contributed by atoms with Crippen LogP contribution in [0.25, 0.3) is 0 Å². The molecule has 0 aromatic heterocycles. The largest absolute Gasteiger partial charge is 0.435 e. The van der Waals surface area contributed by atoms with Crippen molar-refractivity contribution in [2.75, 3.05) is 10.0 Å². The molecular formula is C20H15F3N2O4S. The van der Waals surface area contributed by atoms with E-state index in [2.05, 4.69) is 14.8 Å². The fourth-order valence-corrected chi connectivity index (χ4v) is 3.56. The minimum Gasteiger partial charge on any atom is -0.435 e. The predicted molar refractivity (Wildman–Crippen MR) is 105 cm³/mol. The minimum absolute atomic E-state index is 0.0601. The Hall–Kier alpha value is -3.53. The Kier molecular flexibility index (Phi) is 6.26. The van der Waals surface area contributed by atoms with Gasteiger partial charge < -0.3 is 10.1 Å². The number of nitrogens with one attached hydrogen (secondary N) is 2. The van der Waals surface area contributed by atoms with Crippen molar-refractivity contribution in [2.24, 2.45) is 0 Å². The van der Waals surface area contributed by atoms with Gasteiger partial charge in [-0.2, -0.15) is 8.78 Å². The molecule has 30 heavy (non-hydrogen) atoms. The summed E-state index contributed by atoms with van der Waals surface area (Å²) < 4.78 is 68.9. The van der Waals surface area contributed by atoms with E-state index >= 15 is 0 Å². The molecule has 0 saturated carbocycles. The highest BCUT2D eigenvalue weighted by atomic mass is 32.2. The van der Waals surface area contributed by atoms with E-state index in [-0.39, 0.29) is 21.9 Å². The lowest BCUT2D eigenvalue weighted by molar-refractivity contribution is -0.0498. The topological polar surface area (TPSA) is 84.5 Å². The number of amides is 1. The molecule has 0 radical (unpaired) electrons. The zero-order chi connectivity index (χ0) is 21.7. The van der Waals surface area contributed by atoms with E-state index in [0.29, 0.717) is 5.69 Å². The van der Waals surface area contributed by atoms with Crippen molar-refractivity contribution in [1.29, 1.82) is 0 Å². The van der Waals surface area contributed by atoms with Gasteiger partial charge >= 0.3 is 6.61 Å². The Morgan fingerprint density at radius 2 is 1.53 bits per heavy atom. The Labute approximate surface area is 170 Å². The second-order valence-corrected chi connectivity index (χ2v) is 7.68. The number of carbonyl (C=O) groups is 1. The maximum absolute atomic E-state index is 13.0. The normalized spacial score (nSPS) is 11.2. The molecule has 0 atom stereocenters. The van der Waals surface area contributed by atoms with Crippen LogP contribution >= 0.6 is 0 Å². The summed E-state index contributed by atoms with van der Waals surface area (Å²) in [4.78, 5) is 12.3. The van der Waals surface area contributed by atoms with Gasteiger partial charge in [0.15, 0.2) is 0 Å². The van der Waals surface area contributed by atoms with Crippen molar-refractivity contribution < 1.29 is 31.1 Å². The van der Waals surface area contributed by atoms with Crippen molar-refractivity contribution in [2.45, 2.75) is 11.5 Å². The quantitative estimate of drug-likeness (QED) is 0.572. The summed E-state index contributed by atoms with van der Waals surface area (Å²) in [5, 5.41) is 2.53. The number of carbonyl (C=O) groups excluding carboxylic acids is 1. The third-order valence-electron chi connectivity index (χ3n) is 3.84. The first-order valence-corrected chi connectivity index (χ1v) is 9.96. The number of alkyl halides is 2. The van der Waals surface area contributed by atoms with Gasteiger partial charge in [0, 0.05) is 16.9 Å². The SMILES string of the molecule is O=C(Nc1ccc(OC(F)F)cc1)c1cccc(S(=O)(=O)Nc2ccc(F)cc2)c1. The van der Waals surface area contributed by atoms with E-state index in [1.165, 1.54) is 60.7 Å². The molecule has 6 nitrogen and oxygen atoms in total. The Balaban J connectivity index is 1.73. The summed E-state index contributed by atoms with van der Waals surface area (Å²) in [5.74, 6) is -1.18. The highest BCUT2D eigenvalue weighted by molar-refractivity contribution is 7.92. The highest BCUT2D eigenvalue weighted by Crippen LogP contribution is 2.20. The average Bonchev–Trinajstić information content (AvgIpc) is 2.71. The Morgan fingerprint density at radius 3 is 2.17 bits per heavy atom. The van der Waals surface area contributed by atoms with E-state index in [1.807, 2.05) is 0 Å². The highest BCUT2D eigenvalue weighted by Gasteiger charge is 2.17. The maximum atomic E-state index is 13.0. The summed E-state index contributed by atoms with van der Waals surface area (Å²) in [6.07, 6.45) is 0. The number of anilines is 2. The molecule has 0 fully saturated rings. The molecule has 0 aliphatic heterocycles. The second kappa shape index (κ2) is 8.87. The van der Waals surface area contributed by atoms with Gasteiger partial charge in [0.25, 0.3) is 15.9 Å². The molecule has 0 spiro atoms. The van der Waals surface area contributed by atoms with Crippen molar-refractivity contribution in [3.8, 4) is 5.75 Å². The van der Waals surface area contributed by atoms with Gasteiger partial charge in [0.1, 0.15) is 11.6 Å². The van der Waals surface area contributed by atoms with Gasteiger partial charge in [-0.1, -0.05) is 6.07 Å². The average molecular weight is 436 g/mol. The first-order chi connectivity index (χ1) is 14.2. The number of hydrogen-bond acceptors (Lipinski definition) is 4. The molecule has 0 heterocycles. The molecule has 0 aliphatic carbocycles. The zero-order valence-electron chi connectivity index (χ0n) is 15.2. The summed E-state index contributed by atoms with van der Waals surface area (Å²) >= 11 is 0. The van der Waals surface area contributed by atoms with Crippen molar-refractivity contribution in [3.63, 3.8) is 0 Å². The first-order valence-electron chi connectivity index (χ1n) is 8.48. The van der Waals surface area contributed by atoms with Gasteiger partial charge in [-0.25, -0.2) is 12.8 Å². The molecule has 1 amide bonds. The molecule has 3 aromatic carbocycles. The van der Waals surface area contributed by atoms with E-state index in [4.69, 9.17) is 0 Å². The molecule has 10 heteroatoms. The lowest BCUT2D eigenvalue weighted by Crippen LogP contribution is -2.16. The maximum Gasteiger partial charge on any atom is 0.387 e. The molecule has 2 N–H and O–H groups in total. The monoisotopic (exact) mass is 436 g/mol. The van der Waals surface area contributed by atoms with Crippen molar-refractivity contribution >= 4 is 27.3 Å². The van der Waals surface area contributed by atoms with Crippen molar-refractivity contribution in [1.82, 2.24) is 0 Å². The van der Waals surface area contributed by atoms with Crippen LogP contribution in [0.2, 0.25) is 0 Å². The van der Waals surface area contributed by atoms with Crippen LogP contribution in [0, 0.1) is 5.82 Å². The standard InChI is InChI=1S/C20H15F3N2O4S/c21-14-4-6-16(7-5-14)25-30(27,28)18-3-1-2-13(12-18)19(26)24-15-8-10-17(11-9-15)29-20(22)23/h1-12,20,25H,(H,24,26). The van der Waals surface area contributed by atoms with Crippen LogP contribution < -0.4 is 14.8 Å². The van der Waals surface area contributed by atoms with Gasteiger partial charge in [-0.3, -0.25) is 9.52 Å². The van der Waals surface area contributed by atoms with E-state index in [9.17, 15) is 26.4 Å². The fourth-order valence-electron chi connectivity index (χ4n) is 2.46. The van der Waals surface area contributed by atoms with Crippen LogP contribution in [0.5, 0.6) is 5.75 Å². The molecule has 3 aromatic rings. The second-order valence-electron chi connectivity index (χ2n) is 6.00. The third-order valence-corrected chi connectivity index (χ3v) is 5.22. The van der Waals surface area contributed by atoms with Crippen LogP contribution in [0.4, 0.5) is 24.5 Å². The summed E-state index contributed by atoms with van der Waals surface area (Å²) in [7, 11) is -4.01. The zero-order valence-corrected chi connectivity index (χ0v) is 16.0. The van der Waals surface area contributed by atoms with Gasteiger partial charge in [-0.15, -0.1) is 0 Å². The van der Waals surface area contributed by atoms with Gasteiger partial charge in [-0.05, 0) is 66.7 Å². The van der Waals surface area contributed by atoms with Crippen LogP contribution in [0.1, 0.15) is 10.4 Å². The Morgan fingerprint density at radius 1 is 0.900 bits per heavy atom. The molecule has 3 rings (SSSR count). The van der Waals surface area contributed by atoms with Gasteiger partial charge in [0.05, 0.1) is 4.90 Å².